The fourth-order valence-electron chi connectivity index (χ4n) is 0.757. The van der Waals surface area contributed by atoms with Crippen LogP contribution in [0.4, 0.5) is 0 Å². The normalized spacial score (nSPS) is 14.5. The van der Waals surface area contributed by atoms with Crippen molar-refractivity contribution in [1.29, 1.82) is 5.26 Å². The molecule has 0 aliphatic carbocycles. The monoisotopic (exact) mass is 169 g/mol. The van der Waals surface area contributed by atoms with Crippen LogP contribution >= 0.6 is 0 Å². The van der Waals surface area contributed by atoms with Gasteiger partial charge in [0.25, 0.3) is 0 Å². The fraction of sp³-hybridized carbons (Fsp3) is 0.750. The van der Waals surface area contributed by atoms with Crippen LogP contribution in [0, 0.1) is 17.2 Å². The van der Waals surface area contributed by atoms with Gasteiger partial charge in [-0.2, -0.15) is 5.26 Å². The molecule has 0 saturated heterocycles. The lowest BCUT2D eigenvalue weighted by atomic mass is 9.99. The highest BCUT2D eigenvalue weighted by atomic mass is 16.2. The molecule has 12 heavy (non-hydrogen) atoms. The molecule has 0 spiro atoms. The van der Waals surface area contributed by atoms with Crippen LogP contribution in [0.15, 0.2) is 0 Å². The molecule has 0 bridgehead atoms. The SMILES string of the molecule is CCC(C)C(N)C(=O)NCC#N. The summed E-state index contributed by atoms with van der Waals surface area (Å²) < 4.78 is 0. The Balaban J connectivity index is 3.85. The lowest BCUT2D eigenvalue weighted by Gasteiger charge is -2.16. The Morgan fingerprint density at radius 2 is 2.33 bits per heavy atom. The number of carbonyl (C=O) groups is 1. The van der Waals surface area contributed by atoms with Crippen molar-refractivity contribution < 1.29 is 4.79 Å². The summed E-state index contributed by atoms with van der Waals surface area (Å²) in [6.07, 6.45) is 0.862. The van der Waals surface area contributed by atoms with Crippen molar-refractivity contribution in [2.24, 2.45) is 11.7 Å². The number of hydrogen-bond donors (Lipinski definition) is 2. The summed E-state index contributed by atoms with van der Waals surface area (Å²) in [7, 11) is 0. The molecule has 4 heteroatoms. The van der Waals surface area contributed by atoms with Crippen molar-refractivity contribution in [2.75, 3.05) is 6.54 Å². The van der Waals surface area contributed by atoms with Gasteiger partial charge in [-0.15, -0.1) is 0 Å². The number of nitrogens with zero attached hydrogens (tertiary/aromatic N) is 1. The van der Waals surface area contributed by atoms with Crippen molar-refractivity contribution in [3.05, 3.63) is 0 Å². The summed E-state index contributed by atoms with van der Waals surface area (Å²) in [5.41, 5.74) is 5.59. The van der Waals surface area contributed by atoms with E-state index in [2.05, 4.69) is 5.32 Å². The van der Waals surface area contributed by atoms with Gasteiger partial charge in [0.15, 0.2) is 0 Å². The van der Waals surface area contributed by atoms with E-state index in [1.165, 1.54) is 0 Å². The standard InChI is InChI=1S/C8H15N3O/c1-3-6(2)7(10)8(12)11-5-4-9/h6-7H,3,5,10H2,1-2H3,(H,11,12). The third-order valence-electron chi connectivity index (χ3n) is 1.90. The smallest absolute Gasteiger partial charge is 0.238 e. The average molecular weight is 169 g/mol. The van der Waals surface area contributed by atoms with Crippen LogP contribution < -0.4 is 11.1 Å². The molecule has 1 amide bonds. The summed E-state index contributed by atoms with van der Waals surface area (Å²) in [6.45, 7) is 3.92. The minimum atomic E-state index is -0.497. The molecule has 0 rings (SSSR count). The lowest BCUT2D eigenvalue weighted by Crippen LogP contribution is -2.44. The first-order chi connectivity index (χ1) is 5.63. The highest BCUT2D eigenvalue weighted by molar-refractivity contribution is 5.81. The highest BCUT2D eigenvalue weighted by Crippen LogP contribution is 2.04. The van der Waals surface area contributed by atoms with Crippen LogP contribution in [-0.2, 0) is 4.79 Å². The van der Waals surface area contributed by atoms with E-state index in [1.54, 1.807) is 0 Å². The van der Waals surface area contributed by atoms with Crippen LogP contribution in [0.1, 0.15) is 20.3 Å². The minimum absolute atomic E-state index is 0.0307. The molecule has 68 valence electrons. The topological polar surface area (TPSA) is 78.9 Å². The van der Waals surface area contributed by atoms with Crippen molar-refractivity contribution in [3.8, 4) is 6.07 Å². The Labute approximate surface area is 72.7 Å². The van der Waals surface area contributed by atoms with E-state index in [9.17, 15) is 4.79 Å². The summed E-state index contributed by atoms with van der Waals surface area (Å²) in [5, 5.41) is 10.6. The van der Waals surface area contributed by atoms with E-state index >= 15 is 0 Å². The molecule has 0 radical (unpaired) electrons. The zero-order valence-corrected chi connectivity index (χ0v) is 7.50. The number of hydrogen-bond acceptors (Lipinski definition) is 3. The molecular weight excluding hydrogens is 154 g/mol. The van der Waals surface area contributed by atoms with E-state index < -0.39 is 6.04 Å². The summed E-state index contributed by atoms with van der Waals surface area (Å²) in [6, 6.07) is 1.33. The number of rotatable bonds is 4. The van der Waals surface area contributed by atoms with Gasteiger partial charge in [-0.3, -0.25) is 4.79 Å². The van der Waals surface area contributed by atoms with Crippen LogP contribution in [0.3, 0.4) is 0 Å². The maximum atomic E-state index is 11.1. The number of nitriles is 1. The predicted octanol–water partition coefficient (Wildman–Crippen LogP) is -0.000420. The summed E-state index contributed by atoms with van der Waals surface area (Å²) >= 11 is 0. The Morgan fingerprint density at radius 1 is 1.75 bits per heavy atom. The lowest BCUT2D eigenvalue weighted by molar-refractivity contribution is -0.123. The largest absolute Gasteiger partial charge is 0.342 e. The Bertz CT molecular complexity index is 185. The van der Waals surface area contributed by atoms with Crippen molar-refractivity contribution in [3.63, 3.8) is 0 Å². The van der Waals surface area contributed by atoms with Crippen LogP contribution in [0.2, 0.25) is 0 Å². The third-order valence-corrected chi connectivity index (χ3v) is 1.90. The van der Waals surface area contributed by atoms with E-state index in [1.807, 2.05) is 19.9 Å². The molecule has 0 aromatic rings. The molecule has 0 aliphatic rings. The molecule has 0 aromatic heterocycles. The molecule has 0 saturated carbocycles. The van der Waals surface area contributed by atoms with E-state index in [0.29, 0.717) is 0 Å². The maximum Gasteiger partial charge on any atom is 0.238 e. The first kappa shape index (κ1) is 10.9. The molecule has 0 aliphatic heterocycles. The van der Waals surface area contributed by atoms with Gasteiger partial charge in [0.05, 0.1) is 12.1 Å². The quantitative estimate of drug-likeness (QED) is 0.581. The van der Waals surface area contributed by atoms with Gasteiger partial charge < -0.3 is 11.1 Å². The first-order valence-corrected chi connectivity index (χ1v) is 4.03. The molecule has 2 atom stereocenters. The molecule has 2 unspecified atom stereocenters. The van der Waals surface area contributed by atoms with Crippen molar-refractivity contribution in [2.45, 2.75) is 26.3 Å². The highest BCUT2D eigenvalue weighted by Gasteiger charge is 2.18. The van der Waals surface area contributed by atoms with E-state index in [-0.39, 0.29) is 18.4 Å². The third kappa shape index (κ3) is 3.35. The fourth-order valence-corrected chi connectivity index (χ4v) is 0.757. The Kier molecular flexibility index (Phi) is 5.06. The van der Waals surface area contributed by atoms with Crippen LogP contribution in [0.5, 0.6) is 0 Å². The minimum Gasteiger partial charge on any atom is -0.342 e. The van der Waals surface area contributed by atoms with Crippen molar-refractivity contribution in [1.82, 2.24) is 5.32 Å². The molecule has 3 N–H and O–H groups in total. The summed E-state index contributed by atoms with van der Waals surface area (Å²) in [4.78, 5) is 11.1. The predicted molar refractivity (Wildman–Crippen MR) is 46.1 cm³/mol. The number of nitrogens with one attached hydrogen (secondary N) is 1. The van der Waals surface area contributed by atoms with Crippen molar-refractivity contribution >= 4 is 5.91 Å². The van der Waals surface area contributed by atoms with E-state index in [4.69, 9.17) is 11.0 Å². The molecule has 4 nitrogen and oxygen atoms in total. The van der Waals surface area contributed by atoms with Gasteiger partial charge in [-0.25, -0.2) is 0 Å². The second-order valence-corrected chi connectivity index (χ2v) is 2.79. The van der Waals surface area contributed by atoms with Gasteiger partial charge in [0, 0.05) is 0 Å². The average Bonchev–Trinajstić information content (AvgIpc) is 2.11. The zero-order chi connectivity index (χ0) is 9.56. The molecule has 0 heterocycles. The van der Waals surface area contributed by atoms with Gasteiger partial charge in [0.2, 0.25) is 5.91 Å². The number of carbonyl (C=O) groups excluding carboxylic acids is 1. The number of amides is 1. The Hall–Kier alpha value is -1.08. The molecule has 0 fully saturated rings. The second-order valence-electron chi connectivity index (χ2n) is 2.79. The van der Waals surface area contributed by atoms with Gasteiger partial charge in [-0.1, -0.05) is 20.3 Å². The van der Waals surface area contributed by atoms with E-state index in [0.717, 1.165) is 6.42 Å². The Morgan fingerprint density at radius 3 is 2.75 bits per heavy atom. The number of nitrogens with two attached hydrogens (primary N) is 1. The van der Waals surface area contributed by atoms with Gasteiger partial charge in [-0.05, 0) is 5.92 Å². The first-order valence-electron chi connectivity index (χ1n) is 4.03. The second kappa shape index (κ2) is 5.56. The summed E-state index contributed by atoms with van der Waals surface area (Å²) in [5.74, 6) is -0.0883. The zero-order valence-electron chi connectivity index (χ0n) is 7.50. The van der Waals surface area contributed by atoms with Gasteiger partial charge >= 0.3 is 0 Å². The van der Waals surface area contributed by atoms with Crippen LogP contribution in [0.25, 0.3) is 0 Å². The molecule has 0 aromatic carbocycles. The molecular formula is C8H15N3O. The maximum absolute atomic E-state index is 11.1. The van der Waals surface area contributed by atoms with Crippen LogP contribution in [-0.4, -0.2) is 18.5 Å². The van der Waals surface area contributed by atoms with Gasteiger partial charge in [0.1, 0.15) is 6.54 Å².